The number of rotatable bonds is 6. The first-order valence-corrected chi connectivity index (χ1v) is 8.63. The molecule has 0 fully saturated rings. The fourth-order valence-electron chi connectivity index (χ4n) is 1.82. The second kappa shape index (κ2) is 6.42. The molecule has 1 aromatic heterocycles. The highest BCUT2D eigenvalue weighted by atomic mass is 32.2. The summed E-state index contributed by atoms with van der Waals surface area (Å²) >= 11 is 1.34. The Hall–Kier alpha value is -1.64. The molecule has 0 unspecified atom stereocenters. The number of aryl methyl sites for hydroxylation is 1. The van der Waals surface area contributed by atoms with Crippen molar-refractivity contribution >= 4 is 26.5 Å². The summed E-state index contributed by atoms with van der Waals surface area (Å²) in [6.45, 7) is 2.08. The maximum Gasteiger partial charge on any atom is 0.244 e. The average Bonchev–Trinajstić information content (AvgIpc) is 2.84. The molecule has 0 spiro atoms. The Labute approximate surface area is 128 Å². The average molecular weight is 327 g/mol. The Morgan fingerprint density at radius 1 is 1.43 bits per heavy atom. The topological polar surface area (TPSA) is 94.3 Å². The maximum absolute atomic E-state index is 12.3. The third kappa shape index (κ3) is 3.93. The van der Waals surface area contributed by atoms with Crippen LogP contribution in [0, 0.1) is 6.92 Å². The first kappa shape index (κ1) is 15.7. The number of anilines is 1. The van der Waals surface area contributed by atoms with E-state index in [9.17, 15) is 8.42 Å². The molecule has 1 heterocycles. The number of nitrogens with zero attached hydrogens (tertiary/aromatic N) is 1. The smallest absolute Gasteiger partial charge is 0.244 e. The maximum atomic E-state index is 12.3. The first-order valence-electron chi connectivity index (χ1n) is 6.26. The fourth-order valence-corrected chi connectivity index (χ4v) is 3.70. The first-order chi connectivity index (χ1) is 9.92. The van der Waals surface area contributed by atoms with Gasteiger partial charge in [0.2, 0.25) is 10.0 Å². The number of hydrogen-bond acceptors (Lipinski definition) is 6. The molecule has 3 N–H and O–H groups in total. The predicted octanol–water partition coefficient (Wildman–Crippen LogP) is 1.56. The van der Waals surface area contributed by atoms with Crippen molar-refractivity contribution in [3.05, 3.63) is 34.8 Å². The number of nitrogens with one attached hydrogen (secondary N) is 1. The van der Waals surface area contributed by atoms with Gasteiger partial charge >= 0.3 is 0 Å². The molecule has 1 aromatic carbocycles. The Balaban J connectivity index is 2.09. The van der Waals surface area contributed by atoms with Crippen LogP contribution in [0.25, 0.3) is 0 Å². The quantitative estimate of drug-likeness (QED) is 0.840. The van der Waals surface area contributed by atoms with Crippen molar-refractivity contribution in [2.45, 2.75) is 18.2 Å². The van der Waals surface area contributed by atoms with E-state index in [-0.39, 0.29) is 11.4 Å². The van der Waals surface area contributed by atoms with Gasteiger partial charge in [-0.1, -0.05) is 6.07 Å². The highest BCUT2D eigenvalue weighted by Crippen LogP contribution is 2.24. The van der Waals surface area contributed by atoms with E-state index in [1.54, 1.807) is 18.2 Å². The van der Waals surface area contributed by atoms with E-state index in [0.717, 1.165) is 11.3 Å². The lowest BCUT2D eigenvalue weighted by molar-refractivity contribution is 0.402. The van der Waals surface area contributed by atoms with E-state index in [0.29, 0.717) is 17.3 Å². The van der Waals surface area contributed by atoms with E-state index < -0.39 is 10.0 Å². The van der Waals surface area contributed by atoms with Crippen molar-refractivity contribution in [3.8, 4) is 5.75 Å². The van der Waals surface area contributed by atoms with Gasteiger partial charge in [-0.2, -0.15) is 0 Å². The van der Waals surface area contributed by atoms with Gasteiger partial charge in [0.1, 0.15) is 10.6 Å². The van der Waals surface area contributed by atoms with Gasteiger partial charge < -0.3 is 10.5 Å². The molecule has 0 aliphatic rings. The largest absolute Gasteiger partial charge is 0.495 e. The minimum absolute atomic E-state index is 0.141. The zero-order valence-electron chi connectivity index (χ0n) is 11.8. The minimum Gasteiger partial charge on any atom is -0.495 e. The number of aromatic nitrogens is 1. The van der Waals surface area contributed by atoms with Crippen LogP contribution in [0.2, 0.25) is 0 Å². The Kier molecular flexibility index (Phi) is 4.81. The summed E-state index contributed by atoms with van der Waals surface area (Å²) in [6, 6.07) is 5.03. The van der Waals surface area contributed by atoms with Gasteiger partial charge in [-0.15, -0.1) is 11.3 Å². The van der Waals surface area contributed by atoms with Gasteiger partial charge in [-0.05, 0) is 24.6 Å². The summed E-state index contributed by atoms with van der Waals surface area (Å²) in [5, 5.41) is 2.30. The summed E-state index contributed by atoms with van der Waals surface area (Å²) in [7, 11) is -2.17. The molecule has 0 atom stereocenters. The number of nitrogens with two attached hydrogens (primary N) is 1. The van der Waals surface area contributed by atoms with Crippen LogP contribution in [0.5, 0.6) is 5.75 Å². The van der Waals surface area contributed by atoms with Crippen LogP contribution in [0.3, 0.4) is 0 Å². The molecule has 0 saturated heterocycles. The molecule has 2 rings (SSSR count). The van der Waals surface area contributed by atoms with Gasteiger partial charge in [0.25, 0.3) is 0 Å². The van der Waals surface area contributed by atoms with Gasteiger partial charge in [0.05, 0.1) is 12.8 Å². The second-order valence-electron chi connectivity index (χ2n) is 4.48. The number of thiazole rings is 1. The van der Waals surface area contributed by atoms with E-state index in [2.05, 4.69) is 9.71 Å². The predicted molar refractivity (Wildman–Crippen MR) is 83.1 cm³/mol. The van der Waals surface area contributed by atoms with Crippen molar-refractivity contribution in [1.82, 2.24) is 9.71 Å². The molecule has 0 amide bonds. The summed E-state index contributed by atoms with van der Waals surface area (Å²) in [4.78, 5) is 4.23. The van der Waals surface area contributed by atoms with Crippen molar-refractivity contribution in [2.24, 2.45) is 0 Å². The molecule has 0 aliphatic carbocycles. The van der Waals surface area contributed by atoms with Gasteiger partial charge in [0, 0.05) is 18.3 Å². The molecular weight excluding hydrogens is 310 g/mol. The van der Waals surface area contributed by atoms with Crippen LogP contribution in [0.4, 0.5) is 5.13 Å². The minimum atomic E-state index is -3.62. The SMILES string of the molecule is COc1ccc(C)cc1S(=O)(=O)NCCc1csc(N)n1. The number of nitrogen functional groups attached to an aromatic ring is 1. The number of hydrogen-bond donors (Lipinski definition) is 2. The van der Waals surface area contributed by atoms with Crippen LogP contribution < -0.4 is 15.2 Å². The van der Waals surface area contributed by atoms with E-state index in [4.69, 9.17) is 10.5 Å². The number of benzene rings is 1. The number of methoxy groups -OCH3 is 1. The van der Waals surface area contributed by atoms with E-state index in [1.807, 2.05) is 12.3 Å². The molecule has 2 aromatic rings. The van der Waals surface area contributed by atoms with Crippen molar-refractivity contribution in [3.63, 3.8) is 0 Å². The lowest BCUT2D eigenvalue weighted by atomic mass is 10.2. The molecule has 114 valence electrons. The van der Waals surface area contributed by atoms with Crippen LogP contribution >= 0.6 is 11.3 Å². The zero-order valence-corrected chi connectivity index (χ0v) is 13.4. The molecule has 8 heteroatoms. The van der Waals surface area contributed by atoms with Crippen LogP contribution in [0.1, 0.15) is 11.3 Å². The van der Waals surface area contributed by atoms with E-state index in [1.165, 1.54) is 18.4 Å². The lowest BCUT2D eigenvalue weighted by Crippen LogP contribution is -2.26. The van der Waals surface area contributed by atoms with Crippen LogP contribution in [0.15, 0.2) is 28.5 Å². The molecular formula is C13H17N3O3S2. The van der Waals surface area contributed by atoms with Crippen molar-refractivity contribution in [1.29, 1.82) is 0 Å². The second-order valence-corrected chi connectivity index (χ2v) is 7.10. The normalized spacial score (nSPS) is 11.5. The summed E-state index contributed by atoms with van der Waals surface area (Å²) in [5.41, 5.74) is 7.16. The highest BCUT2D eigenvalue weighted by Gasteiger charge is 2.19. The van der Waals surface area contributed by atoms with Crippen LogP contribution in [-0.4, -0.2) is 27.1 Å². The summed E-state index contributed by atoms with van der Waals surface area (Å²) in [6.07, 6.45) is 0.487. The van der Waals surface area contributed by atoms with Gasteiger partial charge in [0.15, 0.2) is 5.13 Å². The molecule has 0 radical (unpaired) electrons. The van der Waals surface area contributed by atoms with E-state index >= 15 is 0 Å². The fraction of sp³-hybridized carbons (Fsp3) is 0.308. The number of sulfonamides is 1. The molecule has 0 aliphatic heterocycles. The third-order valence-electron chi connectivity index (χ3n) is 2.85. The third-order valence-corrected chi connectivity index (χ3v) is 5.06. The summed E-state index contributed by atoms with van der Waals surface area (Å²) in [5.74, 6) is 0.325. The summed E-state index contributed by atoms with van der Waals surface area (Å²) < 4.78 is 32.3. The zero-order chi connectivity index (χ0) is 15.5. The highest BCUT2D eigenvalue weighted by molar-refractivity contribution is 7.89. The molecule has 0 saturated carbocycles. The standard InChI is InChI=1S/C13H17N3O3S2/c1-9-3-4-11(19-2)12(7-9)21(17,18)15-6-5-10-8-20-13(14)16-10/h3-4,7-8,15H,5-6H2,1-2H3,(H2,14,16). The molecule has 6 nitrogen and oxygen atoms in total. The van der Waals surface area contributed by atoms with Crippen molar-refractivity contribution in [2.75, 3.05) is 19.4 Å². The Morgan fingerprint density at radius 2 is 2.19 bits per heavy atom. The number of ether oxygens (including phenoxy) is 1. The van der Waals surface area contributed by atoms with Crippen LogP contribution in [-0.2, 0) is 16.4 Å². The Bertz CT molecular complexity index is 726. The van der Waals surface area contributed by atoms with Gasteiger partial charge in [-0.25, -0.2) is 18.1 Å². The Morgan fingerprint density at radius 3 is 2.81 bits per heavy atom. The lowest BCUT2D eigenvalue weighted by Gasteiger charge is -2.11. The van der Waals surface area contributed by atoms with Gasteiger partial charge in [-0.3, -0.25) is 0 Å². The molecule has 0 bridgehead atoms. The molecule has 21 heavy (non-hydrogen) atoms. The van der Waals surface area contributed by atoms with Crippen molar-refractivity contribution < 1.29 is 13.2 Å². The monoisotopic (exact) mass is 327 g/mol.